The van der Waals surface area contributed by atoms with E-state index in [1.807, 2.05) is 6.07 Å². The van der Waals surface area contributed by atoms with Gasteiger partial charge in [-0.15, -0.1) is 0 Å². The van der Waals surface area contributed by atoms with Crippen LogP contribution >= 0.6 is 0 Å². The van der Waals surface area contributed by atoms with E-state index in [0.717, 1.165) is 5.56 Å². The molecule has 1 aromatic heterocycles. The molecule has 3 aromatic rings. The molecule has 0 saturated carbocycles. The predicted octanol–water partition coefficient (Wildman–Crippen LogP) is 2.36. The molecule has 154 valence electrons. The van der Waals surface area contributed by atoms with Gasteiger partial charge in [-0.3, -0.25) is 14.2 Å². The monoisotopic (exact) mass is 410 g/mol. The van der Waals surface area contributed by atoms with E-state index in [-0.39, 0.29) is 30.7 Å². The lowest BCUT2D eigenvalue weighted by molar-refractivity contribution is -0.120. The van der Waals surface area contributed by atoms with Crippen LogP contribution in [-0.4, -0.2) is 35.1 Å². The number of carbonyl (C=O) groups is 2. The quantitative estimate of drug-likeness (QED) is 0.649. The molecule has 0 unspecified atom stereocenters. The van der Waals surface area contributed by atoms with Gasteiger partial charge in [0.2, 0.25) is 5.91 Å². The minimum Gasteiger partial charge on any atom is -0.493 e. The first-order valence-corrected chi connectivity index (χ1v) is 9.18. The van der Waals surface area contributed by atoms with Gasteiger partial charge < -0.3 is 20.5 Å². The Morgan fingerprint density at radius 3 is 2.87 bits per heavy atom. The Kier molecular flexibility index (Phi) is 5.09. The minimum absolute atomic E-state index is 0.175. The molecule has 9 heteroatoms. The molecule has 0 spiro atoms. The molecule has 3 N–H and O–H groups in total. The molecule has 0 fully saturated rings. The van der Waals surface area contributed by atoms with Crippen molar-refractivity contribution in [1.82, 2.24) is 9.55 Å². The summed E-state index contributed by atoms with van der Waals surface area (Å²) in [4.78, 5) is 28.0. The second-order valence-corrected chi connectivity index (χ2v) is 6.80. The molecule has 0 radical (unpaired) electrons. The Labute approximate surface area is 171 Å². The predicted molar refractivity (Wildman–Crippen MR) is 106 cm³/mol. The zero-order valence-electron chi connectivity index (χ0n) is 16.1. The Balaban J connectivity index is 1.74. The number of ether oxygens (including phenoxy) is 2. The summed E-state index contributed by atoms with van der Waals surface area (Å²) in [6, 6.07) is 11.2. The van der Waals surface area contributed by atoms with E-state index in [4.69, 9.17) is 15.2 Å². The maximum absolute atomic E-state index is 13.7. The van der Waals surface area contributed by atoms with Crippen molar-refractivity contribution in [3.05, 3.63) is 65.9 Å². The van der Waals surface area contributed by atoms with E-state index >= 15 is 0 Å². The molecule has 0 aliphatic carbocycles. The lowest BCUT2D eigenvalue weighted by atomic mass is 9.89. The van der Waals surface area contributed by atoms with Gasteiger partial charge in [0.05, 0.1) is 18.5 Å². The molecule has 1 aliphatic heterocycles. The number of imidazole rings is 1. The number of nitrogens with zero attached hydrogens (tertiary/aromatic N) is 2. The molecule has 1 aliphatic rings. The number of primary amides is 1. The van der Waals surface area contributed by atoms with Crippen molar-refractivity contribution < 1.29 is 23.5 Å². The first kappa shape index (κ1) is 19.4. The standard InChI is InChI=1S/C21H19FN4O4/c1-29-16-6-5-12(7-17(16)30-10-18(23)27)15-9-19(28)25-21-20(15)24-11-26(21)14-4-2-3-13(22)8-14/h2-8,11,15H,9-10H2,1H3,(H2,23,27)(H,25,28)/t15-/m1/s1. The average Bonchev–Trinajstić information content (AvgIpc) is 3.15. The maximum atomic E-state index is 13.7. The Morgan fingerprint density at radius 1 is 1.30 bits per heavy atom. The summed E-state index contributed by atoms with van der Waals surface area (Å²) < 4.78 is 26.0. The highest BCUT2D eigenvalue weighted by Crippen LogP contribution is 2.40. The zero-order valence-corrected chi connectivity index (χ0v) is 16.1. The Morgan fingerprint density at radius 2 is 2.13 bits per heavy atom. The fraction of sp³-hybridized carbons (Fsp3) is 0.190. The second-order valence-electron chi connectivity index (χ2n) is 6.80. The van der Waals surface area contributed by atoms with E-state index in [9.17, 15) is 14.0 Å². The number of carbonyl (C=O) groups excluding carboxylic acids is 2. The first-order valence-electron chi connectivity index (χ1n) is 9.18. The van der Waals surface area contributed by atoms with Crippen molar-refractivity contribution in [2.45, 2.75) is 12.3 Å². The van der Waals surface area contributed by atoms with Crippen molar-refractivity contribution in [3.8, 4) is 17.2 Å². The highest BCUT2D eigenvalue weighted by molar-refractivity contribution is 5.94. The van der Waals surface area contributed by atoms with Crippen LogP contribution in [0.25, 0.3) is 5.69 Å². The summed E-state index contributed by atoms with van der Waals surface area (Å²) in [5, 5.41) is 2.83. The molecule has 4 rings (SSSR count). The number of benzene rings is 2. The van der Waals surface area contributed by atoms with E-state index in [2.05, 4.69) is 10.3 Å². The zero-order chi connectivity index (χ0) is 21.3. The Bertz CT molecular complexity index is 1130. The fourth-order valence-electron chi connectivity index (χ4n) is 3.48. The molecule has 2 heterocycles. The highest BCUT2D eigenvalue weighted by Gasteiger charge is 2.31. The number of fused-ring (bicyclic) bond motifs is 1. The number of halogens is 1. The minimum atomic E-state index is -0.615. The SMILES string of the molecule is COc1ccc([C@H]2CC(=O)Nc3c2ncn3-c2cccc(F)c2)cc1OCC(N)=O. The number of hydrogen-bond donors (Lipinski definition) is 2. The highest BCUT2D eigenvalue weighted by atomic mass is 19.1. The molecular weight excluding hydrogens is 391 g/mol. The average molecular weight is 410 g/mol. The summed E-state index contributed by atoms with van der Waals surface area (Å²) in [5.74, 6) is -0.295. The molecular formula is C21H19FN4O4. The van der Waals surface area contributed by atoms with Gasteiger partial charge in [0.25, 0.3) is 5.91 Å². The summed E-state index contributed by atoms with van der Waals surface area (Å²) in [6.07, 6.45) is 1.72. The number of rotatable bonds is 6. The van der Waals surface area contributed by atoms with Crippen LogP contribution in [0, 0.1) is 5.82 Å². The molecule has 0 saturated heterocycles. The van der Waals surface area contributed by atoms with Crippen molar-refractivity contribution >= 4 is 17.6 Å². The third-order valence-corrected chi connectivity index (χ3v) is 4.82. The number of anilines is 1. The van der Waals surface area contributed by atoms with Crippen molar-refractivity contribution in [2.24, 2.45) is 5.73 Å². The smallest absolute Gasteiger partial charge is 0.255 e. The number of aromatic nitrogens is 2. The second kappa shape index (κ2) is 7.86. The van der Waals surface area contributed by atoms with Gasteiger partial charge in [-0.1, -0.05) is 12.1 Å². The van der Waals surface area contributed by atoms with Crippen molar-refractivity contribution in [2.75, 3.05) is 19.0 Å². The van der Waals surface area contributed by atoms with E-state index < -0.39 is 5.91 Å². The molecule has 30 heavy (non-hydrogen) atoms. The van der Waals surface area contributed by atoms with E-state index in [1.165, 1.54) is 19.2 Å². The molecule has 2 aromatic carbocycles. The van der Waals surface area contributed by atoms with Crippen molar-refractivity contribution in [1.29, 1.82) is 0 Å². The number of hydrogen-bond acceptors (Lipinski definition) is 5. The van der Waals surface area contributed by atoms with Gasteiger partial charge in [0, 0.05) is 12.3 Å². The van der Waals surface area contributed by atoms with Crippen LogP contribution in [0.1, 0.15) is 23.6 Å². The lowest BCUT2D eigenvalue weighted by Gasteiger charge is -2.24. The van der Waals surface area contributed by atoms with E-state index in [0.29, 0.717) is 28.7 Å². The van der Waals surface area contributed by atoms with Gasteiger partial charge in [-0.05, 0) is 35.9 Å². The van der Waals surface area contributed by atoms with Gasteiger partial charge in [0.1, 0.15) is 18.0 Å². The summed E-state index contributed by atoms with van der Waals surface area (Å²) in [6.45, 7) is -0.301. The van der Waals surface area contributed by atoms with Crippen LogP contribution in [0.3, 0.4) is 0 Å². The van der Waals surface area contributed by atoms with Crippen LogP contribution in [0.2, 0.25) is 0 Å². The van der Waals surface area contributed by atoms with Gasteiger partial charge in [0.15, 0.2) is 18.1 Å². The van der Waals surface area contributed by atoms with Crippen LogP contribution in [-0.2, 0) is 9.59 Å². The number of amides is 2. The molecule has 1 atom stereocenters. The first-order chi connectivity index (χ1) is 14.5. The van der Waals surface area contributed by atoms with Crippen molar-refractivity contribution in [3.63, 3.8) is 0 Å². The largest absolute Gasteiger partial charge is 0.493 e. The maximum Gasteiger partial charge on any atom is 0.255 e. The summed E-state index contributed by atoms with van der Waals surface area (Å²) in [7, 11) is 1.49. The fourth-order valence-corrected chi connectivity index (χ4v) is 3.48. The normalized spacial score (nSPS) is 15.3. The summed E-state index contributed by atoms with van der Waals surface area (Å²) >= 11 is 0. The summed E-state index contributed by atoms with van der Waals surface area (Å²) in [5.41, 5.74) is 7.12. The number of nitrogens with two attached hydrogens (primary N) is 1. The third kappa shape index (κ3) is 3.69. The van der Waals surface area contributed by atoms with Gasteiger partial charge >= 0.3 is 0 Å². The lowest BCUT2D eigenvalue weighted by Crippen LogP contribution is -2.25. The van der Waals surface area contributed by atoms with Crippen LogP contribution in [0.15, 0.2) is 48.8 Å². The van der Waals surface area contributed by atoms with Crippen LogP contribution in [0.4, 0.5) is 10.2 Å². The van der Waals surface area contributed by atoms with E-state index in [1.54, 1.807) is 35.2 Å². The molecule has 2 amide bonds. The topological polar surface area (TPSA) is 108 Å². The molecule has 0 bridgehead atoms. The van der Waals surface area contributed by atoms with Crippen LogP contribution in [0.5, 0.6) is 11.5 Å². The van der Waals surface area contributed by atoms with Crippen LogP contribution < -0.4 is 20.5 Å². The van der Waals surface area contributed by atoms with Gasteiger partial charge in [-0.2, -0.15) is 0 Å². The third-order valence-electron chi connectivity index (χ3n) is 4.82. The van der Waals surface area contributed by atoms with Gasteiger partial charge in [-0.25, -0.2) is 9.37 Å². The number of methoxy groups -OCH3 is 1. The Hall–Kier alpha value is -3.88. The number of nitrogens with one attached hydrogen (secondary N) is 1. The molecule has 8 nitrogen and oxygen atoms in total.